The maximum atomic E-state index is 5.84. The van der Waals surface area contributed by atoms with E-state index in [9.17, 15) is 0 Å². The molecule has 1 unspecified atom stereocenters. The van der Waals surface area contributed by atoms with Gasteiger partial charge in [0.05, 0.1) is 0 Å². The lowest BCUT2D eigenvalue weighted by Gasteiger charge is -2.27. The van der Waals surface area contributed by atoms with Gasteiger partial charge >= 0.3 is 0 Å². The first kappa shape index (κ1) is 16.0. The number of halogens is 1. The fourth-order valence-corrected chi connectivity index (χ4v) is 2.58. The zero-order valence-corrected chi connectivity index (χ0v) is 14.3. The van der Waals surface area contributed by atoms with Gasteiger partial charge < -0.3 is 15.0 Å². The van der Waals surface area contributed by atoms with E-state index in [-0.39, 0.29) is 11.5 Å². The van der Waals surface area contributed by atoms with Crippen molar-refractivity contribution in [2.75, 3.05) is 12.3 Å². The van der Waals surface area contributed by atoms with E-state index in [4.69, 9.17) is 15.0 Å². The largest absolute Gasteiger partial charge is 0.399 e. The smallest absolute Gasteiger partial charge is 0.258 e. The van der Waals surface area contributed by atoms with Gasteiger partial charge in [-0.2, -0.15) is 4.98 Å². The fraction of sp³-hybridized carbons (Fsp3) is 0.467. The third kappa shape index (κ3) is 3.83. The van der Waals surface area contributed by atoms with Gasteiger partial charge in [0.1, 0.15) is 6.10 Å². The van der Waals surface area contributed by atoms with Crippen LogP contribution in [0.3, 0.4) is 0 Å². The zero-order chi connectivity index (χ0) is 15.6. The molecule has 6 heteroatoms. The van der Waals surface area contributed by atoms with Crippen LogP contribution < -0.4 is 5.73 Å². The summed E-state index contributed by atoms with van der Waals surface area (Å²) in [7, 11) is 0. The highest BCUT2D eigenvalue weighted by molar-refractivity contribution is 9.10. The van der Waals surface area contributed by atoms with Crippen molar-refractivity contribution in [3.8, 4) is 11.5 Å². The van der Waals surface area contributed by atoms with Crippen molar-refractivity contribution >= 4 is 21.6 Å². The van der Waals surface area contributed by atoms with E-state index >= 15 is 0 Å². The molecule has 0 radical (unpaired) electrons. The Morgan fingerprint density at radius 3 is 2.62 bits per heavy atom. The molecule has 2 N–H and O–H groups in total. The Balaban J connectivity index is 2.36. The average molecular weight is 354 g/mol. The van der Waals surface area contributed by atoms with Gasteiger partial charge in [0, 0.05) is 22.3 Å². The molecule has 0 saturated carbocycles. The number of rotatable bonds is 4. The van der Waals surface area contributed by atoms with E-state index in [0.29, 0.717) is 24.0 Å². The summed E-state index contributed by atoms with van der Waals surface area (Å²) in [6.45, 7) is 8.80. The summed E-state index contributed by atoms with van der Waals surface area (Å²) in [5.74, 6) is 0.991. The molecule has 21 heavy (non-hydrogen) atoms. The monoisotopic (exact) mass is 353 g/mol. The van der Waals surface area contributed by atoms with Crippen molar-refractivity contribution in [2.45, 2.75) is 33.8 Å². The summed E-state index contributed by atoms with van der Waals surface area (Å²) in [5.41, 5.74) is 7.14. The molecule has 1 atom stereocenters. The normalized spacial score (nSPS) is 13.4. The van der Waals surface area contributed by atoms with Gasteiger partial charge in [0.2, 0.25) is 5.82 Å². The van der Waals surface area contributed by atoms with Crippen LogP contribution in [-0.2, 0) is 4.74 Å². The second-order valence-electron chi connectivity index (χ2n) is 5.93. The van der Waals surface area contributed by atoms with Gasteiger partial charge in [-0.3, -0.25) is 0 Å². The highest BCUT2D eigenvalue weighted by Gasteiger charge is 2.31. The summed E-state index contributed by atoms with van der Waals surface area (Å²) in [6.07, 6.45) is -0.218. The summed E-state index contributed by atoms with van der Waals surface area (Å²) >= 11 is 3.41. The second-order valence-corrected chi connectivity index (χ2v) is 6.85. The lowest BCUT2D eigenvalue weighted by atomic mass is 9.88. The summed E-state index contributed by atoms with van der Waals surface area (Å²) < 4.78 is 12.0. The number of nitrogens with zero attached hydrogens (tertiary/aromatic N) is 2. The molecular formula is C15H20BrN3O2. The van der Waals surface area contributed by atoms with Gasteiger partial charge in [0.25, 0.3) is 5.89 Å². The van der Waals surface area contributed by atoms with Crippen molar-refractivity contribution in [3.63, 3.8) is 0 Å². The van der Waals surface area contributed by atoms with Crippen LogP contribution in [0.2, 0.25) is 0 Å². The lowest BCUT2D eigenvalue weighted by molar-refractivity contribution is -0.0203. The molecule has 0 aliphatic heterocycles. The second kappa shape index (κ2) is 6.15. The van der Waals surface area contributed by atoms with Crippen LogP contribution in [0.25, 0.3) is 11.5 Å². The molecule has 0 saturated heterocycles. The highest BCUT2D eigenvalue weighted by Crippen LogP contribution is 2.35. The number of hydrogen-bond acceptors (Lipinski definition) is 5. The Labute approximate surface area is 133 Å². The molecule has 0 aliphatic carbocycles. The minimum Gasteiger partial charge on any atom is -0.399 e. The minimum atomic E-state index is -0.218. The number of nitrogens with two attached hydrogens (primary N) is 1. The molecule has 0 amide bonds. The van der Waals surface area contributed by atoms with Crippen LogP contribution in [0.15, 0.2) is 27.2 Å². The van der Waals surface area contributed by atoms with E-state index in [0.717, 1.165) is 10.0 Å². The standard InChI is InChI=1S/C15H20BrN3O2/c1-5-20-12(15(2,3)4)13-18-14(21-19-13)9-6-10(16)8-11(17)7-9/h6-8,12H,5,17H2,1-4H3. The van der Waals surface area contributed by atoms with E-state index < -0.39 is 0 Å². The molecule has 1 heterocycles. The molecule has 114 valence electrons. The highest BCUT2D eigenvalue weighted by atomic mass is 79.9. The van der Waals surface area contributed by atoms with Crippen LogP contribution in [0, 0.1) is 5.41 Å². The zero-order valence-electron chi connectivity index (χ0n) is 12.7. The van der Waals surface area contributed by atoms with Crippen LogP contribution in [0.1, 0.15) is 39.6 Å². The molecule has 1 aromatic carbocycles. The quantitative estimate of drug-likeness (QED) is 0.833. The summed E-state index contributed by atoms with van der Waals surface area (Å²) in [5, 5.41) is 4.07. The first-order valence-corrected chi connectivity index (χ1v) is 7.62. The maximum absolute atomic E-state index is 5.84. The van der Waals surface area contributed by atoms with Gasteiger partial charge in [0.15, 0.2) is 0 Å². The summed E-state index contributed by atoms with van der Waals surface area (Å²) in [4.78, 5) is 4.47. The Bertz CT molecular complexity index is 599. The number of anilines is 1. The van der Waals surface area contributed by atoms with Crippen LogP contribution in [0.4, 0.5) is 5.69 Å². The molecule has 0 aliphatic rings. The fourth-order valence-electron chi connectivity index (χ4n) is 2.07. The van der Waals surface area contributed by atoms with Gasteiger partial charge in [-0.25, -0.2) is 0 Å². The van der Waals surface area contributed by atoms with Crippen molar-refractivity contribution < 1.29 is 9.26 Å². The summed E-state index contributed by atoms with van der Waals surface area (Å²) in [6, 6.07) is 5.51. The minimum absolute atomic E-state index is 0.118. The number of ether oxygens (including phenoxy) is 1. The Kier molecular flexibility index (Phi) is 4.68. The molecule has 2 aromatic rings. The van der Waals surface area contributed by atoms with Crippen LogP contribution >= 0.6 is 15.9 Å². The molecule has 5 nitrogen and oxygen atoms in total. The molecule has 2 rings (SSSR count). The third-order valence-electron chi connectivity index (χ3n) is 2.96. The molecule has 0 spiro atoms. The van der Waals surface area contributed by atoms with Crippen LogP contribution in [-0.4, -0.2) is 16.7 Å². The number of aromatic nitrogens is 2. The Hall–Kier alpha value is -1.40. The van der Waals surface area contributed by atoms with Crippen LogP contribution in [0.5, 0.6) is 0 Å². The first-order chi connectivity index (χ1) is 9.81. The predicted molar refractivity (Wildman–Crippen MR) is 85.7 cm³/mol. The van der Waals surface area contributed by atoms with E-state index in [1.807, 2.05) is 19.1 Å². The van der Waals surface area contributed by atoms with Crippen molar-refractivity contribution in [3.05, 3.63) is 28.5 Å². The number of hydrogen-bond donors (Lipinski definition) is 1. The lowest BCUT2D eigenvalue weighted by Crippen LogP contribution is -2.22. The first-order valence-electron chi connectivity index (χ1n) is 6.83. The third-order valence-corrected chi connectivity index (χ3v) is 3.42. The van der Waals surface area contributed by atoms with E-state index in [1.54, 1.807) is 6.07 Å². The number of benzene rings is 1. The maximum Gasteiger partial charge on any atom is 0.258 e. The van der Waals surface area contributed by atoms with Crippen molar-refractivity contribution in [2.24, 2.45) is 5.41 Å². The van der Waals surface area contributed by atoms with Gasteiger partial charge in [-0.05, 0) is 30.5 Å². The molecule has 0 bridgehead atoms. The van der Waals surface area contributed by atoms with Gasteiger partial charge in [-0.15, -0.1) is 0 Å². The Morgan fingerprint density at radius 1 is 1.33 bits per heavy atom. The van der Waals surface area contributed by atoms with Gasteiger partial charge in [-0.1, -0.05) is 41.9 Å². The molecule has 0 fully saturated rings. The average Bonchev–Trinajstić information content (AvgIpc) is 2.82. The van der Waals surface area contributed by atoms with E-state index in [1.165, 1.54) is 0 Å². The van der Waals surface area contributed by atoms with E-state index in [2.05, 4.69) is 46.8 Å². The van der Waals surface area contributed by atoms with Crippen molar-refractivity contribution in [1.29, 1.82) is 0 Å². The number of nitrogen functional groups attached to an aromatic ring is 1. The predicted octanol–water partition coefficient (Wildman–Crippen LogP) is 4.21. The molecule has 1 aromatic heterocycles. The molecular weight excluding hydrogens is 334 g/mol. The Morgan fingerprint density at radius 2 is 2.05 bits per heavy atom. The SMILES string of the molecule is CCOC(c1noc(-c2cc(N)cc(Br)c2)n1)C(C)(C)C. The van der Waals surface area contributed by atoms with Crippen molar-refractivity contribution in [1.82, 2.24) is 10.1 Å². The topological polar surface area (TPSA) is 74.2 Å².